The monoisotopic (exact) mass is 266 g/mol. The number of anilines is 1. The summed E-state index contributed by atoms with van der Waals surface area (Å²) in [5.41, 5.74) is 3.50. The maximum atomic E-state index is 6.06. The Kier molecular flexibility index (Phi) is 4.16. The predicted molar refractivity (Wildman–Crippen MR) is 78.3 cm³/mol. The summed E-state index contributed by atoms with van der Waals surface area (Å²) in [6.07, 6.45) is 3.24. The van der Waals surface area contributed by atoms with Crippen molar-refractivity contribution >= 4 is 17.3 Å². The molecule has 1 aromatic rings. The molecule has 0 bridgehead atoms. The fourth-order valence-corrected chi connectivity index (χ4v) is 3.18. The number of rotatable bonds is 2. The van der Waals surface area contributed by atoms with Gasteiger partial charge in [0.1, 0.15) is 0 Å². The first-order valence-corrected chi connectivity index (χ1v) is 7.34. The summed E-state index contributed by atoms with van der Waals surface area (Å²) in [6, 6.07) is 2.75. The summed E-state index contributed by atoms with van der Waals surface area (Å²) in [5.74, 6) is 2.01. The molecule has 3 atom stereocenters. The summed E-state index contributed by atoms with van der Waals surface area (Å²) in [5, 5.41) is 0. The number of hydrogen-bond acceptors (Lipinski definition) is 2. The minimum atomic E-state index is 0.536. The van der Waals surface area contributed by atoms with Crippen LogP contribution < -0.4 is 4.90 Å². The van der Waals surface area contributed by atoms with Crippen LogP contribution in [0.1, 0.15) is 38.4 Å². The van der Waals surface area contributed by atoms with Crippen LogP contribution in [0.2, 0.25) is 0 Å². The smallest absolute Gasteiger partial charge is 0.0509 e. The van der Waals surface area contributed by atoms with E-state index in [2.05, 4.69) is 36.7 Å². The van der Waals surface area contributed by atoms with Crippen molar-refractivity contribution in [1.29, 1.82) is 0 Å². The first kappa shape index (κ1) is 13.7. The Balaban J connectivity index is 2.37. The van der Waals surface area contributed by atoms with Crippen LogP contribution in [0, 0.1) is 18.8 Å². The van der Waals surface area contributed by atoms with E-state index < -0.39 is 0 Å². The third-order valence-electron chi connectivity index (χ3n) is 4.15. The summed E-state index contributed by atoms with van der Waals surface area (Å²) in [7, 11) is 0. The van der Waals surface area contributed by atoms with E-state index in [4.69, 9.17) is 11.6 Å². The Hall–Kier alpha value is -0.760. The highest BCUT2D eigenvalue weighted by Gasteiger charge is 2.29. The Bertz CT molecular complexity index is 419. The maximum absolute atomic E-state index is 6.06. The molecule has 1 aliphatic rings. The van der Waals surface area contributed by atoms with Gasteiger partial charge >= 0.3 is 0 Å². The minimum Gasteiger partial charge on any atom is -0.368 e. The molecule has 1 aromatic heterocycles. The van der Waals surface area contributed by atoms with Crippen LogP contribution in [0.25, 0.3) is 0 Å². The largest absolute Gasteiger partial charge is 0.368 e. The normalized spacial score (nSPS) is 28.5. The van der Waals surface area contributed by atoms with Gasteiger partial charge in [-0.3, -0.25) is 4.98 Å². The summed E-state index contributed by atoms with van der Waals surface area (Å²) < 4.78 is 0. The van der Waals surface area contributed by atoms with Gasteiger partial charge < -0.3 is 4.90 Å². The Labute approximate surface area is 115 Å². The van der Waals surface area contributed by atoms with Gasteiger partial charge in [0.05, 0.1) is 5.88 Å². The molecule has 0 aliphatic carbocycles. The molecule has 0 saturated carbocycles. The SMILES string of the molecule is Cc1cc(N2CC(C)CC(C)C2C)c(CCl)cn1. The van der Waals surface area contributed by atoms with E-state index in [1.807, 2.05) is 13.1 Å². The molecule has 100 valence electrons. The Morgan fingerprint density at radius 2 is 2.11 bits per heavy atom. The number of pyridine rings is 1. The van der Waals surface area contributed by atoms with Crippen LogP contribution in [-0.4, -0.2) is 17.6 Å². The average molecular weight is 267 g/mol. The van der Waals surface area contributed by atoms with Gasteiger partial charge in [-0.1, -0.05) is 13.8 Å². The Morgan fingerprint density at radius 1 is 1.39 bits per heavy atom. The van der Waals surface area contributed by atoms with Gasteiger partial charge in [0.2, 0.25) is 0 Å². The predicted octanol–water partition coefficient (Wildman–Crippen LogP) is 4.00. The minimum absolute atomic E-state index is 0.536. The fraction of sp³-hybridized carbons (Fsp3) is 0.667. The van der Waals surface area contributed by atoms with Crippen LogP contribution in [0.4, 0.5) is 5.69 Å². The van der Waals surface area contributed by atoms with E-state index in [1.165, 1.54) is 12.1 Å². The molecule has 3 heteroatoms. The third kappa shape index (κ3) is 2.64. The number of nitrogens with zero attached hydrogens (tertiary/aromatic N) is 2. The third-order valence-corrected chi connectivity index (χ3v) is 4.44. The van der Waals surface area contributed by atoms with Crippen molar-refractivity contribution in [3.05, 3.63) is 23.5 Å². The zero-order chi connectivity index (χ0) is 13.3. The molecule has 0 aromatic carbocycles. The number of alkyl halides is 1. The molecule has 1 saturated heterocycles. The Morgan fingerprint density at radius 3 is 2.78 bits per heavy atom. The lowest BCUT2D eigenvalue weighted by molar-refractivity contribution is 0.296. The number of halogens is 1. The molecule has 0 radical (unpaired) electrons. The van der Waals surface area contributed by atoms with Crippen molar-refractivity contribution < 1.29 is 0 Å². The van der Waals surface area contributed by atoms with E-state index in [1.54, 1.807) is 0 Å². The van der Waals surface area contributed by atoms with Gasteiger partial charge in [-0.2, -0.15) is 0 Å². The highest BCUT2D eigenvalue weighted by atomic mass is 35.5. The molecule has 3 unspecified atom stereocenters. The number of aromatic nitrogens is 1. The molecule has 0 spiro atoms. The van der Waals surface area contributed by atoms with Crippen molar-refractivity contribution in [3.8, 4) is 0 Å². The lowest BCUT2D eigenvalue weighted by atomic mass is 9.85. The van der Waals surface area contributed by atoms with Crippen LogP contribution in [0.15, 0.2) is 12.3 Å². The molecule has 1 fully saturated rings. The van der Waals surface area contributed by atoms with E-state index in [0.29, 0.717) is 11.9 Å². The van der Waals surface area contributed by atoms with Gasteiger partial charge in [-0.25, -0.2) is 0 Å². The summed E-state index contributed by atoms with van der Waals surface area (Å²) in [4.78, 5) is 6.88. The van der Waals surface area contributed by atoms with Crippen LogP contribution in [0.5, 0.6) is 0 Å². The van der Waals surface area contributed by atoms with E-state index in [9.17, 15) is 0 Å². The van der Waals surface area contributed by atoms with Crippen molar-refractivity contribution in [3.63, 3.8) is 0 Å². The van der Waals surface area contributed by atoms with E-state index in [0.717, 1.165) is 29.6 Å². The second kappa shape index (κ2) is 5.48. The second-order valence-electron chi connectivity index (χ2n) is 5.80. The first-order chi connectivity index (χ1) is 8.52. The lowest BCUT2D eigenvalue weighted by Crippen LogP contribution is -2.46. The lowest BCUT2D eigenvalue weighted by Gasteiger charge is -2.43. The highest BCUT2D eigenvalue weighted by Crippen LogP contribution is 2.33. The van der Waals surface area contributed by atoms with Crippen molar-refractivity contribution in [2.45, 2.75) is 46.0 Å². The fourth-order valence-electron chi connectivity index (χ4n) is 2.98. The standard InChI is InChI=1S/C15H23ClN2/c1-10-5-11(2)13(4)18(9-10)15-6-12(3)17-8-14(15)7-16/h6,8,10-11,13H,5,7,9H2,1-4H3. The zero-order valence-corrected chi connectivity index (χ0v) is 12.5. The van der Waals surface area contributed by atoms with E-state index in [-0.39, 0.29) is 0 Å². The molecule has 0 N–H and O–H groups in total. The molecule has 2 nitrogen and oxygen atoms in total. The second-order valence-corrected chi connectivity index (χ2v) is 6.07. The topological polar surface area (TPSA) is 16.1 Å². The molecule has 2 heterocycles. The highest BCUT2D eigenvalue weighted by molar-refractivity contribution is 6.17. The quantitative estimate of drug-likeness (QED) is 0.752. The number of hydrogen-bond donors (Lipinski definition) is 0. The number of piperidine rings is 1. The number of aryl methyl sites for hydroxylation is 1. The van der Waals surface area contributed by atoms with Gasteiger partial charge in [-0.15, -0.1) is 11.6 Å². The maximum Gasteiger partial charge on any atom is 0.0509 e. The van der Waals surface area contributed by atoms with Crippen LogP contribution in [0.3, 0.4) is 0 Å². The van der Waals surface area contributed by atoms with Crippen molar-refractivity contribution in [1.82, 2.24) is 4.98 Å². The van der Waals surface area contributed by atoms with Gasteiger partial charge in [0.15, 0.2) is 0 Å². The first-order valence-electron chi connectivity index (χ1n) is 6.81. The zero-order valence-electron chi connectivity index (χ0n) is 11.8. The van der Waals surface area contributed by atoms with Crippen LogP contribution in [-0.2, 0) is 5.88 Å². The van der Waals surface area contributed by atoms with Gasteiger partial charge in [0, 0.05) is 35.7 Å². The van der Waals surface area contributed by atoms with Gasteiger partial charge in [-0.05, 0) is 38.2 Å². The molecular formula is C15H23ClN2. The van der Waals surface area contributed by atoms with Crippen molar-refractivity contribution in [2.75, 3.05) is 11.4 Å². The van der Waals surface area contributed by atoms with E-state index >= 15 is 0 Å². The molecule has 0 amide bonds. The summed E-state index contributed by atoms with van der Waals surface area (Å²) >= 11 is 6.06. The average Bonchev–Trinajstić information content (AvgIpc) is 2.33. The molecular weight excluding hydrogens is 244 g/mol. The van der Waals surface area contributed by atoms with Crippen LogP contribution >= 0.6 is 11.6 Å². The molecule has 2 rings (SSSR count). The molecule has 1 aliphatic heterocycles. The molecule has 18 heavy (non-hydrogen) atoms. The van der Waals surface area contributed by atoms with Gasteiger partial charge in [0.25, 0.3) is 0 Å². The summed E-state index contributed by atoms with van der Waals surface area (Å²) in [6.45, 7) is 10.2. The van der Waals surface area contributed by atoms with Crippen molar-refractivity contribution in [2.24, 2.45) is 11.8 Å².